The molecular formula is C21H22Cl2N2O5. The molecule has 6 atom stereocenters. The second-order valence-corrected chi connectivity index (χ2v) is 9.36. The molecule has 1 aromatic carbocycles. The van der Waals surface area contributed by atoms with E-state index in [-0.39, 0.29) is 22.6 Å². The van der Waals surface area contributed by atoms with Crippen molar-refractivity contribution in [2.45, 2.75) is 31.0 Å². The second-order valence-electron chi connectivity index (χ2n) is 8.35. The second kappa shape index (κ2) is 7.85. The Morgan fingerprint density at radius 1 is 1.03 bits per heavy atom. The van der Waals surface area contributed by atoms with E-state index in [2.05, 4.69) is 5.32 Å². The molecule has 3 amide bonds. The number of hydrogen-bond acceptors (Lipinski definition) is 5. The number of alkyl halides is 2. The number of aryl methyl sites for hydroxylation is 2. The number of hydrogen-bond donors (Lipinski definition) is 1. The number of likely N-dealkylation sites (tertiary alicyclic amines) is 1. The molecule has 1 heterocycles. The van der Waals surface area contributed by atoms with Gasteiger partial charge in [-0.15, -0.1) is 23.2 Å². The molecule has 0 aromatic heterocycles. The highest BCUT2D eigenvalue weighted by atomic mass is 35.5. The van der Waals surface area contributed by atoms with Crippen LogP contribution in [0, 0.1) is 37.5 Å². The lowest BCUT2D eigenvalue weighted by atomic mass is 9.80. The molecule has 160 valence electrons. The number of imide groups is 1. The van der Waals surface area contributed by atoms with Gasteiger partial charge in [-0.05, 0) is 55.4 Å². The lowest BCUT2D eigenvalue weighted by molar-refractivity contribution is -0.154. The van der Waals surface area contributed by atoms with Gasteiger partial charge in [-0.2, -0.15) is 0 Å². The zero-order valence-electron chi connectivity index (χ0n) is 16.6. The van der Waals surface area contributed by atoms with Gasteiger partial charge in [0.2, 0.25) is 11.8 Å². The standard InChI is InChI=1S/C21H22Cl2N2O5/c1-9-3-10(2)5-11(4-9)24-14(26)8-30-15(27)7-25-20(28)16-12-6-13(17(16)21(25)29)19(23)18(12)22/h3-5,12-13,16-19H,6-8H2,1-2H3,(H,24,26)/t12-,13-,16-,17-,18+,19+/m1/s1. The van der Waals surface area contributed by atoms with Crippen molar-refractivity contribution in [3.63, 3.8) is 0 Å². The van der Waals surface area contributed by atoms with Crippen molar-refractivity contribution >= 4 is 52.6 Å². The fraction of sp³-hybridized carbons (Fsp3) is 0.524. The average molecular weight is 453 g/mol. The van der Waals surface area contributed by atoms with Crippen LogP contribution in [-0.2, 0) is 23.9 Å². The van der Waals surface area contributed by atoms with Gasteiger partial charge < -0.3 is 10.1 Å². The predicted molar refractivity (Wildman–Crippen MR) is 110 cm³/mol. The summed E-state index contributed by atoms with van der Waals surface area (Å²) in [6.07, 6.45) is 0.659. The van der Waals surface area contributed by atoms with Crippen LogP contribution in [0.15, 0.2) is 18.2 Å². The number of halogens is 2. The Balaban J connectivity index is 1.32. The van der Waals surface area contributed by atoms with Gasteiger partial charge in [0.05, 0.1) is 22.6 Å². The van der Waals surface area contributed by atoms with Crippen LogP contribution in [0.2, 0.25) is 0 Å². The van der Waals surface area contributed by atoms with Gasteiger partial charge in [0.15, 0.2) is 6.61 Å². The Bertz CT molecular complexity index is 884. The molecule has 3 fully saturated rings. The molecule has 9 heteroatoms. The molecule has 1 aliphatic heterocycles. The summed E-state index contributed by atoms with van der Waals surface area (Å²) in [5.74, 6) is -3.44. The zero-order valence-corrected chi connectivity index (χ0v) is 18.1. The first-order valence-corrected chi connectivity index (χ1v) is 10.7. The number of fused-ring (bicyclic) bond motifs is 5. The molecule has 2 bridgehead atoms. The smallest absolute Gasteiger partial charge is 0.326 e. The van der Waals surface area contributed by atoms with E-state index in [1.807, 2.05) is 19.9 Å². The Morgan fingerprint density at radius 2 is 1.57 bits per heavy atom. The van der Waals surface area contributed by atoms with Crippen LogP contribution in [0.1, 0.15) is 17.5 Å². The monoisotopic (exact) mass is 452 g/mol. The van der Waals surface area contributed by atoms with Gasteiger partial charge in [-0.25, -0.2) is 0 Å². The first-order chi connectivity index (χ1) is 14.2. The maximum Gasteiger partial charge on any atom is 0.326 e. The highest BCUT2D eigenvalue weighted by Gasteiger charge is 2.66. The molecule has 2 aliphatic carbocycles. The molecule has 1 aromatic rings. The Kier molecular flexibility index (Phi) is 5.53. The van der Waals surface area contributed by atoms with Crippen molar-refractivity contribution in [1.82, 2.24) is 4.90 Å². The molecule has 1 N–H and O–H groups in total. The first kappa shape index (κ1) is 21.1. The summed E-state index contributed by atoms with van der Waals surface area (Å²) in [6, 6.07) is 5.57. The summed E-state index contributed by atoms with van der Waals surface area (Å²) >= 11 is 12.6. The van der Waals surface area contributed by atoms with E-state index in [1.54, 1.807) is 12.1 Å². The first-order valence-electron chi connectivity index (χ1n) is 9.84. The van der Waals surface area contributed by atoms with Crippen LogP contribution in [0.25, 0.3) is 0 Å². The van der Waals surface area contributed by atoms with E-state index in [4.69, 9.17) is 27.9 Å². The summed E-state index contributed by atoms with van der Waals surface area (Å²) in [5.41, 5.74) is 2.59. The van der Waals surface area contributed by atoms with Gasteiger partial charge >= 0.3 is 5.97 Å². The summed E-state index contributed by atoms with van der Waals surface area (Å²) < 4.78 is 4.98. The fourth-order valence-electron chi connectivity index (χ4n) is 5.13. The molecule has 1 saturated heterocycles. The number of anilines is 1. The summed E-state index contributed by atoms with van der Waals surface area (Å²) in [6.45, 7) is 2.80. The zero-order chi connectivity index (χ0) is 21.7. The SMILES string of the molecule is Cc1cc(C)cc(NC(=O)COC(=O)CN2C(=O)[C@@H]3[C@H]4C[C@@H]([C@H](Cl)[C@H]4Cl)[C@H]3C2=O)c1. The van der Waals surface area contributed by atoms with Crippen LogP contribution in [0.5, 0.6) is 0 Å². The van der Waals surface area contributed by atoms with E-state index in [1.165, 1.54) is 0 Å². The van der Waals surface area contributed by atoms with Crippen LogP contribution in [-0.4, -0.2) is 52.5 Å². The third-order valence-electron chi connectivity index (χ3n) is 6.24. The molecule has 3 aliphatic rings. The van der Waals surface area contributed by atoms with Crippen LogP contribution in [0.4, 0.5) is 5.69 Å². The lowest BCUT2D eigenvalue weighted by Crippen LogP contribution is -2.38. The summed E-state index contributed by atoms with van der Waals surface area (Å²) in [4.78, 5) is 50.6. The number of esters is 1. The minimum atomic E-state index is -0.815. The van der Waals surface area contributed by atoms with Crippen molar-refractivity contribution in [3.05, 3.63) is 29.3 Å². The maximum absolute atomic E-state index is 12.7. The van der Waals surface area contributed by atoms with Gasteiger partial charge in [0, 0.05) is 5.69 Å². The number of nitrogens with zero attached hydrogens (tertiary/aromatic N) is 1. The van der Waals surface area contributed by atoms with E-state index in [0.717, 1.165) is 16.0 Å². The molecule has 0 spiro atoms. The number of rotatable bonds is 5. The number of ether oxygens (including phenoxy) is 1. The molecule has 2 saturated carbocycles. The van der Waals surface area contributed by atoms with Gasteiger partial charge in [-0.1, -0.05) is 6.07 Å². The van der Waals surface area contributed by atoms with Crippen molar-refractivity contribution in [3.8, 4) is 0 Å². The van der Waals surface area contributed by atoms with Gasteiger partial charge in [0.25, 0.3) is 5.91 Å². The summed E-state index contributed by atoms with van der Waals surface area (Å²) in [5, 5.41) is 1.96. The topological polar surface area (TPSA) is 92.8 Å². The Morgan fingerprint density at radius 3 is 2.10 bits per heavy atom. The number of nitrogens with one attached hydrogen (secondary N) is 1. The largest absolute Gasteiger partial charge is 0.454 e. The van der Waals surface area contributed by atoms with E-state index in [0.29, 0.717) is 12.1 Å². The molecular weight excluding hydrogens is 431 g/mol. The minimum Gasteiger partial charge on any atom is -0.454 e. The number of benzene rings is 1. The molecule has 0 unspecified atom stereocenters. The lowest BCUT2D eigenvalue weighted by Gasteiger charge is -2.28. The quantitative estimate of drug-likeness (QED) is 0.420. The van der Waals surface area contributed by atoms with Crippen molar-refractivity contribution in [2.75, 3.05) is 18.5 Å². The predicted octanol–water partition coefficient (Wildman–Crippen LogP) is 2.25. The molecule has 7 nitrogen and oxygen atoms in total. The number of amides is 3. The van der Waals surface area contributed by atoms with E-state index in [9.17, 15) is 19.2 Å². The highest BCUT2D eigenvalue weighted by molar-refractivity contribution is 6.31. The van der Waals surface area contributed by atoms with E-state index >= 15 is 0 Å². The molecule has 4 rings (SSSR count). The third-order valence-corrected chi connectivity index (χ3v) is 7.55. The summed E-state index contributed by atoms with van der Waals surface area (Å²) in [7, 11) is 0. The van der Waals surface area contributed by atoms with Gasteiger partial charge in [-0.3, -0.25) is 24.1 Å². The third kappa shape index (κ3) is 3.58. The van der Waals surface area contributed by atoms with Crippen molar-refractivity contribution in [2.24, 2.45) is 23.7 Å². The number of carbonyl (C=O) groups excluding carboxylic acids is 4. The van der Waals surface area contributed by atoms with Crippen molar-refractivity contribution in [1.29, 1.82) is 0 Å². The minimum absolute atomic E-state index is 0.148. The van der Waals surface area contributed by atoms with E-state index < -0.39 is 48.7 Å². The fourth-order valence-corrected chi connectivity index (χ4v) is 6.02. The molecule has 0 radical (unpaired) electrons. The molecule has 30 heavy (non-hydrogen) atoms. The maximum atomic E-state index is 12.7. The Hall–Kier alpha value is -2.12. The van der Waals surface area contributed by atoms with Crippen LogP contribution in [0.3, 0.4) is 0 Å². The van der Waals surface area contributed by atoms with Crippen molar-refractivity contribution < 1.29 is 23.9 Å². The van der Waals surface area contributed by atoms with Gasteiger partial charge in [0.1, 0.15) is 6.54 Å². The van der Waals surface area contributed by atoms with Crippen LogP contribution >= 0.6 is 23.2 Å². The normalized spacial score (nSPS) is 31.8. The van der Waals surface area contributed by atoms with Crippen LogP contribution < -0.4 is 5.32 Å². The average Bonchev–Trinajstić information content (AvgIpc) is 3.26. The Labute approximate surface area is 184 Å². The highest BCUT2D eigenvalue weighted by Crippen LogP contribution is 2.59. The number of carbonyl (C=O) groups is 4.